The first-order valence-electron chi connectivity index (χ1n) is 9.61. The molecule has 3 unspecified atom stereocenters. The third-order valence-corrected chi connectivity index (χ3v) is 5.57. The Hall–Kier alpha value is -2.03. The van der Waals surface area contributed by atoms with Crippen molar-refractivity contribution in [2.45, 2.75) is 62.8 Å². The number of rotatable bonds is 4. The normalized spacial score (nSPS) is 26.1. The van der Waals surface area contributed by atoms with Gasteiger partial charge in [0, 0.05) is 36.9 Å². The van der Waals surface area contributed by atoms with E-state index in [1.165, 1.54) is 6.07 Å². The number of hydrogen-bond donors (Lipinski definition) is 3. The lowest BCUT2D eigenvalue weighted by atomic mass is 9.89. The molecule has 0 spiro atoms. The van der Waals surface area contributed by atoms with E-state index in [0.717, 1.165) is 50.7 Å². The highest BCUT2D eigenvalue weighted by Gasteiger charge is 2.35. The molecule has 1 amide bonds. The number of anilines is 1. The van der Waals surface area contributed by atoms with Crippen LogP contribution in [0.1, 0.15) is 44.1 Å². The molecule has 1 aromatic rings. The largest absolute Gasteiger partial charge is 0.465 e. The number of carbonyl (C=O) groups is 1. The lowest BCUT2D eigenvalue weighted by Crippen LogP contribution is -2.57. The fourth-order valence-corrected chi connectivity index (χ4v) is 4.24. The molecule has 1 heterocycles. The van der Waals surface area contributed by atoms with Gasteiger partial charge >= 0.3 is 12.3 Å². The average Bonchev–Trinajstić information content (AvgIpc) is 2.62. The van der Waals surface area contributed by atoms with Crippen molar-refractivity contribution in [3.05, 3.63) is 29.6 Å². The molecule has 156 valence electrons. The van der Waals surface area contributed by atoms with Crippen LogP contribution in [0.5, 0.6) is 0 Å². The van der Waals surface area contributed by atoms with E-state index in [1.807, 2.05) is 4.90 Å². The maximum Gasteiger partial charge on any atom is 0.419 e. The van der Waals surface area contributed by atoms with Gasteiger partial charge in [0.05, 0.1) is 5.56 Å². The van der Waals surface area contributed by atoms with Gasteiger partial charge in [-0.1, -0.05) is 12.8 Å². The fraction of sp³-hybridized carbons (Fsp3) is 0.632. The van der Waals surface area contributed by atoms with E-state index in [0.29, 0.717) is 18.8 Å². The summed E-state index contributed by atoms with van der Waals surface area (Å²) in [5.74, 6) is -1.27. The summed E-state index contributed by atoms with van der Waals surface area (Å²) in [7, 11) is 0. The summed E-state index contributed by atoms with van der Waals surface area (Å²) in [5, 5.41) is 15.1. The number of nitrogens with zero attached hydrogens (tertiary/aromatic N) is 1. The molecule has 0 bridgehead atoms. The van der Waals surface area contributed by atoms with Crippen molar-refractivity contribution in [3.8, 4) is 0 Å². The fourth-order valence-electron chi connectivity index (χ4n) is 4.24. The Balaban J connectivity index is 1.65. The standard InChI is InChI=1S/C19H25F4N3O2/c20-15-10-13(7-8-14(15)19(21,22)23)26-9-3-4-12(11-26)24-16-5-1-2-6-17(16)25-18(27)28/h7-8,10,12,16-17,24-25H,1-6,9,11H2,(H,27,28). The highest BCUT2D eigenvalue weighted by Crippen LogP contribution is 2.33. The van der Waals surface area contributed by atoms with Crippen LogP contribution in [0.25, 0.3) is 0 Å². The van der Waals surface area contributed by atoms with E-state index < -0.39 is 23.7 Å². The van der Waals surface area contributed by atoms with Crippen molar-refractivity contribution in [1.82, 2.24) is 10.6 Å². The molecular formula is C19H25F4N3O2. The Morgan fingerprint density at radius 1 is 1.11 bits per heavy atom. The maximum atomic E-state index is 13.9. The summed E-state index contributed by atoms with van der Waals surface area (Å²) >= 11 is 0. The number of amides is 1. The molecule has 1 aliphatic heterocycles. The van der Waals surface area contributed by atoms with Gasteiger partial charge in [0.25, 0.3) is 0 Å². The van der Waals surface area contributed by atoms with Gasteiger partial charge in [-0.15, -0.1) is 0 Å². The Labute approximate surface area is 161 Å². The molecule has 2 aliphatic rings. The Morgan fingerprint density at radius 3 is 2.46 bits per heavy atom. The van der Waals surface area contributed by atoms with Crippen LogP contribution in [-0.2, 0) is 6.18 Å². The predicted molar refractivity (Wildman–Crippen MR) is 97.0 cm³/mol. The highest BCUT2D eigenvalue weighted by atomic mass is 19.4. The molecule has 5 nitrogen and oxygen atoms in total. The molecule has 3 N–H and O–H groups in total. The number of piperidine rings is 1. The SMILES string of the molecule is O=C(O)NC1CCCCC1NC1CCCN(c2ccc(C(F)(F)F)c(F)c2)C1. The zero-order chi connectivity index (χ0) is 20.3. The maximum absolute atomic E-state index is 13.9. The summed E-state index contributed by atoms with van der Waals surface area (Å²) in [6.07, 6.45) is -0.382. The molecule has 28 heavy (non-hydrogen) atoms. The van der Waals surface area contributed by atoms with Crippen molar-refractivity contribution in [2.24, 2.45) is 0 Å². The van der Waals surface area contributed by atoms with Gasteiger partial charge in [0.2, 0.25) is 0 Å². The molecule has 1 saturated heterocycles. The van der Waals surface area contributed by atoms with Gasteiger partial charge in [-0.25, -0.2) is 9.18 Å². The first-order valence-corrected chi connectivity index (χ1v) is 9.61. The molecule has 1 saturated carbocycles. The average molecular weight is 403 g/mol. The van der Waals surface area contributed by atoms with Crippen LogP contribution >= 0.6 is 0 Å². The number of alkyl halides is 3. The van der Waals surface area contributed by atoms with Crippen LogP contribution in [0.15, 0.2) is 18.2 Å². The second-order valence-electron chi connectivity index (χ2n) is 7.56. The van der Waals surface area contributed by atoms with E-state index >= 15 is 0 Å². The summed E-state index contributed by atoms with van der Waals surface area (Å²) in [4.78, 5) is 12.9. The number of nitrogens with one attached hydrogen (secondary N) is 2. The lowest BCUT2D eigenvalue weighted by molar-refractivity contribution is -0.139. The quantitative estimate of drug-likeness (QED) is 0.666. The van der Waals surface area contributed by atoms with Crippen LogP contribution < -0.4 is 15.5 Å². The van der Waals surface area contributed by atoms with Crippen molar-refractivity contribution in [3.63, 3.8) is 0 Å². The summed E-state index contributed by atoms with van der Waals surface area (Å²) in [6.45, 7) is 1.19. The molecule has 1 aliphatic carbocycles. The Kier molecular flexibility index (Phi) is 6.32. The van der Waals surface area contributed by atoms with E-state index in [4.69, 9.17) is 5.11 Å². The minimum Gasteiger partial charge on any atom is -0.465 e. The highest BCUT2D eigenvalue weighted by molar-refractivity contribution is 5.65. The van der Waals surface area contributed by atoms with E-state index in [2.05, 4.69) is 10.6 Å². The second kappa shape index (κ2) is 8.55. The molecular weight excluding hydrogens is 378 g/mol. The summed E-state index contributed by atoms with van der Waals surface area (Å²) in [5.41, 5.74) is -0.825. The van der Waals surface area contributed by atoms with Gasteiger partial charge in [-0.3, -0.25) is 0 Å². The second-order valence-corrected chi connectivity index (χ2v) is 7.56. The van der Waals surface area contributed by atoms with Crippen LogP contribution in [-0.4, -0.2) is 42.4 Å². The summed E-state index contributed by atoms with van der Waals surface area (Å²) in [6, 6.07) is 2.99. The van der Waals surface area contributed by atoms with E-state index in [9.17, 15) is 22.4 Å². The van der Waals surface area contributed by atoms with Crippen LogP contribution in [0.3, 0.4) is 0 Å². The molecule has 0 radical (unpaired) electrons. The Bertz CT molecular complexity index is 698. The van der Waals surface area contributed by atoms with Crippen molar-refractivity contribution in [2.75, 3.05) is 18.0 Å². The minimum atomic E-state index is -4.71. The molecule has 9 heteroatoms. The Morgan fingerprint density at radius 2 is 1.82 bits per heavy atom. The van der Waals surface area contributed by atoms with Gasteiger partial charge in [-0.2, -0.15) is 13.2 Å². The third kappa shape index (κ3) is 5.06. The number of benzene rings is 1. The topological polar surface area (TPSA) is 64.6 Å². The lowest BCUT2D eigenvalue weighted by Gasteiger charge is -2.40. The zero-order valence-electron chi connectivity index (χ0n) is 15.4. The van der Waals surface area contributed by atoms with Crippen LogP contribution in [0, 0.1) is 5.82 Å². The number of carboxylic acid groups (broad SMARTS) is 1. The molecule has 3 atom stereocenters. The van der Waals surface area contributed by atoms with Gasteiger partial charge in [0.1, 0.15) is 5.82 Å². The monoisotopic (exact) mass is 403 g/mol. The number of halogens is 4. The van der Waals surface area contributed by atoms with E-state index in [1.54, 1.807) is 0 Å². The number of hydrogen-bond acceptors (Lipinski definition) is 3. The van der Waals surface area contributed by atoms with Crippen molar-refractivity contribution in [1.29, 1.82) is 0 Å². The minimum absolute atomic E-state index is 0.0270. The first kappa shape index (κ1) is 20.7. The molecule has 2 fully saturated rings. The first-order chi connectivity index (χ1) is 13.2. The van der Waals surface area contributed by atoms with Crippen molar-refractivity contribution >= 4 is 11.8 Å². The van der Waals surface area contributed by atoms with Crippen LogP contribution in [0.4, 0.5) is 28.0 Å². The zero-order valence-corrected chi connectivity index (χ0v) is 15.4. The van der Waals surface area contributed by atoms with Gasteiger partial charge < -0.3 is 20.6 Å². The molecule has 0 aromatic heterocycles. The molecule has 3 rings (SSSR count). The van der Waals surface area contributed by atoms with Crippen molar-refractivity contribution < 1.29 is 27.5 Å². The van der Waals surface area contributed by atoms with Crippen LogP contribution in [0.2, 0.25) is 0 Å². The van der Waals surface area contributed by atoms with E-state index in [-0.39, 0.29) is 18.1 Å². The smallest absolute Gasteiger partial charge is 0.419 e. The summed E-state index contributed by atoms with van der Waals surface area (Å²) < 4.78 is 52.2. The van der Waals surface area contributed by atoms with Gasteiger partial charge in [-0.05, 0) is 43.9 Å². The predicted octanol–water partition coefficient (Wildman–Crippen LogP) is 3.98. The van der Waals surface area contributed by atoms with Gasteiger partial charge in [0.15, 0.2) is 0 Å². The molecule has 1 aromatic carbocycles. The third-order valence-electron chi connectivity index (χ3n) is 5.57.